The van der Waals surface area contributed by atoms with Crippen LogP contribution in [-0.4, -0.2) is 25.0 Å². The SMILES string of the molecule is COC(=O)c1c(NC(=O)C(C)C(C)N)sc(C)c1C. The van der Waals surface area contributed by atoms with Crippen LogP contribution in [0.25, 0.3) is 0 Å². The molecule has 0 fully saturated rings. The zero-order valence-electron chi connectivity index (χ0n) is 11.9. The van der Waals surface area contributed by atoms with Gasteiger partial charge >= 0.3 is 5.97 Å². The molecular formula is C13H20N2O3S. The Bertz CT molecular complexity index is 494. The van der Waals surface area contributed by atoms with Crippen molar-refractivity contribution in [2.45, 2.75) is 33.7 Å². The van der Waals surface area contributed by atoms with Crippen LogP contribution in [0.3, 0.4) is 0 Å². The normalized spacial score (nSPS) is 13.8. The third kappa shape index (κ3) is 3.33. The molecule has 0 saturated carbocycles. The van der Waals surface area contributed by atoms with Gasteiger partial charge < -0.3 is 15.8 Å². The van der Waals surface area contributed by atoms with Gasteiger partial charge in [-0.15, -0.1) is 11.3 Å². The molecule has 2 atom stereocenters. The molecule has 1 heterocycles. The number of amides is 1. The number of carbonyl (C=O) groups is 2. The summed E-state index contributed by atoms with van der Waals surface area (Å²) in [5, 5.41) is 3.29. The molecule has 5 nitrogen and oxygen atoms in total. The Balaban J connectivity index is 3.05. The van der Waals surface area contributed by atoms with E-state index in [1.54, 1.807) is 13.8 Å². The summed E-state index contributed by atoms with van der Waals surface area (Å²) in [6.45, 7) is 7.27. The van der Waals surface area contributed by atoms with E-state index in [1.165, 1.54) is 18.4 Å². The Morgan fingerprint density at radius 3 is 2.37 bits per heavy atom. The molecule has 1 aromatic heterocycles. The van der Waals surface area contributed by atoms with E-state index in [-0.39, 0.29) is 17.9 Å². The van der Waals surface area contributed by atoms with Gasteiger partial charge in [-0.05, 0) is 26.3 Å². The van der Waals surface area contributed by atoms with Gasteiger partial charge in [-0.2, -0.15) is 0 Å². The second-order valence-corrected chi connectivity index (χ2v) is 5.84. The van der Waals surface area contributed by atoms with E-state index in [1.807, 2.05) is 13.8 Å². The summed E-state index contributed by atoms with van der Waals surface area (Å²) < 4.78 is 4.75. The first-order valence-electron chi connectivity index (χ1n) is 6.04. The second kappa shape index (κ2) is 6.16. The van der Waals surface area contributed by atoms with Crippen molar-refractivity contribution in [2.24, 2.45) is 11.7 Å². The number of ether oxygens (including phenoxy) is 1. The number of hydrogen-bond donors (Lipinski definition) is 2. The quantitative estimate of drug-likeness (QED) is 0.829. The molecule has 0 radical (unpaired) electrons. The minimum absolute atomic E-state index is 0.193. The van der Waals surface area contributed by atoms with Crippen LogP contribution in [0.4, 0.5) is 5.00 Å². The summed E-state index contributed by atoms with van der Waals surface area (Å²) in [7, 11) is 1.32. The van der Waals surface area contributed by atoms with E-state index >= 15 is 0 Å². The highest BCUT2D eigenvalue weighted by atomic mass is 32.1. The Morgan fingerprint density at radius 1 is 1.32 bits per heavy atom. The minimum Gasteiger partial charge on any atom is -0.465 e. The lowest BCUT2D eigenvalue weighted by Crippen LogP contribution is -2.34. The van der Waals surface area contributed by atoms with Crippen molar-refractivity contribution in [2.75, 3.05) is 12.4 Å². The van der Waals surface area contributed by atoms with Crippen molar-refractivity contribution in [1.82, 2.24) is 0 Å². The molecule has 0 spiro atoms. The second-order valence-electron chi connectivity index (χ2n) is 4.62. The lowest BCUT2D eigenvalue weighted by atomic mass is 10.0. The summed E-state index contributed by atoms with van der Waals surface area (Å²) in [5.74, 6) is -0.958. The summed E-state index contributed by atoms with van der Waals surface area (Å²) >= 11 is 1.37. The Hall–Kier alpha value is -1.40. The molecular weight excluding hydrogens is 264 g/mol. The third-order valence-corrected chi connectivity index (χ3v) is 4.34. The van der Waals surface area contributed by atoms with Crippen molar-refractivity contribution in [3.05, 3.63) is 16.0 Å². The van der Waals surface area contributed by atoms with Gasteiger partial charge in [0.2, 0.25) is 5.91 Å². The largest absolute Gasteiger partial charge is 0.465 e. The molecule has 1 rings (SSSR count). The van der Waals surface area contributed by atoms with E-state index < -0.39 is 5.97 Å². The molecule has 19 heavy (non-hydrogen) atoms. The van der Waals surface area contributed by atoms with E-state index in [9.17, 15) is 9.59 Å². The van der Waals surface area contributed by atoms with Gasteiger partial charge in [-0.25, -0.2) is 4.79 Å². The highest BCUT2D eigenvalue weighted by Gasteiger charge is 2.24. The molecule has 0 aliphatic rings. The number of anilines is 1. The number of nitrogens with two attached hydrogens (primary N) is 1. The highest BCUT2D eigenvalue weighted by molar-refractivity contribution is 7.16. The monoisotopic (exact) mass is 284 g/mol. The first-order chi connectivity index (χ1) is 8.79. The van der Waals surface area contributed by atoms with Gasteiger partial charge in [0.25, 0.3) is 0 Å². The lowest BCUT2D eigenvalue weighted by Gasteiger charge is -2.15. The maximum atomic E-state index is 12.0. The van der Waals surface area contributed by atoms with Crippen LogP contribution in [0, 0.1) is 19.8 Å². The molecule has 0 aromatic carbocycles. The number of nitrogens with one attached hydrogen (secondary N) is 1. The fourth-order valence-corrected chi connectivity index (χ4v) is 2.58. The first kappa shape index (κ1) is 15.7. The van der Waals surface area contributed by atoms with Crippen LogP contribution < -0.4 is 11.1 Å². The van der Waals surface area contributed by atoms with E-state index in [2.05, 4.69) is 5.32 Å². The zero-order chi connectivity index (χ0) is 14.7. The minimum atomic E-state index is -0.439. The fourth-order valence-electron chi connectivity index (χ4n) is 1.53. The van der Waals surface area contributed by atoms with Crippen LogP contribution in [0.15, 0.2) is 0 Å². The number of esters is 1. The number of hydrogen-bond acceptors (Lipinski definition) is 5. The highest BCUT2D eigenvalue weighted by Crippen LogP contribution is 2.33. The van der Waals surface area contributed by atoms with Crippen LogP contribution in [0.5, 0.6) is 0 Å². The molecule has 3 N–H and O–H groups in total. The fraction of sp³-hybridized carbons (Fsp3) is 0.538. The van der Waals surface area contributed by atoms with E-state index in [0.717, 1.165) is 10.4 Å². The van der Waals surface area contributed by atoms with Crippen LogP contribution in [0.1, 0.15) is 34.6 Å². The van der Waals surface area contributed by atoms with E-state index in [0.29, 0.717) is 10.6 Å². The molecule has 1 amide bonds. The van der Waals surface area contributed by atoms with Gasteiger partial charge in [0.1, 0.15) is 5.00 Å². The summed E-state index contributed by atoms with van der Waals surface area (Å²) in [4.78, 5) is 24.7. The predicted molar refractivity (Wildman–Crippen MR) is 76.6 cm³/mol. The maximum absolute atomic E-state index is 12.0. The lowest BCUT2D eigenvalue weighted by molar-refractivity contribution is -0.119. The van der Waals surface area contributed by atoms with E-state index in [4.69, 9.17) is 10.5 Å². The standard InChI is InChI=1S/C13H20N2O3S/c1-6(8(3)14)11(16)15-12-10(13(17)18-5)7(2)9(4)19-12/h6,8H,14H2,1-5H3,(H,15,16). The maximum Gasteiger partial charge on any atom is 0.341 e. The van der Waals surface area contributed by atoms with Crippen LogP contribution >= 0.6 is 11.3 Å². The number of thiophene rings is 1. The summed E-state index contributed by atoms with van der Waals surface area (Å²) in [6, 6.07) is -0.247. The third-order valence-electron chi connectivity index (χ3n) is 3.21. The Morgan fingerprint density at radius 2 is 1.89 bits per heavy atom. The molecule has 0 aliphatic carbocycles. The van der Waals surface area contributed by atoms with Gasteiger partial charge in [0.15, 0.2) is 0 Å². The predicted octanol–water partition coefficient (Wildman–Crippen LogP) is 2.07. The summed E-state index contributed by atoms with van der Waals surface area (Å²) in [6.07, 6.45) is 0. The number of methoxy groups -OCH3 is 1. The topological polar surface area (TPSA) is 81.4 Å². The Kier molecular flexibility index (Phi) is 5.08. The smallest absolute Gasteiger partial charge is 0.341 e. The average Bonchev–Trinajstić information content (AvgIpc) is 2.62. The molecule has 106 valence electrons. The first-order valence-corrected chi connectivity index (χ1v) is 6.86. The van der Waals surface area contributed by atoms with Gasteiger partial charge in [0, 0.05) is 10.9 Å². The molecule has 0 aliphatic heterocycles. The van der Waals surface area contributed by atoms with Crippen LogP contribution in [0.2, 0.25) is 0 Å². The Labute approximate surface area is 117 Å². The average molecular weight is 284 g/mol. The van der Waals surface area contributed by atoms with Crippen LogP contribution in [-0.2, 0) is 9.53 Å². The zero-order valence-corrected chi connectivity index (χ0v) is 12.7. The van der Waals surface area contributed by atoms with Gasteiger partial charge in [-0.1, -0.05) is 6.92 Å². The van der Waals surface area contributed by atoms with Crippen molar-refractivity contribution >= 4 is 28.2 Å². The molecule has 1 aromatic rings. The number of rotatable bonds is 4. The molecule has 0 bridgehead atoms. The number of carbonyl (C=O) groups excluding carboxylic acids is 2. The van der Waals surface area contributed by atoms with Crippen molar-refractivity contribution in [3.8, 4) is 0 Å². The molecule has 6 heteroatoms. The molecule has 0 saturated heterocycles. The number of aryl methyl sites for hydroxylation is 1. The van der Waals surface area contributed by atoms with Crippen molar-refractivity contribution in [1.29, 1.82) is 0 Å². The van der Waals surface area contributed by atoms with Gasteiger partial charge in [-0.3, -0.25) is 4.79 Å². The summed E-state index contributed by atoms with van der Waals surface area (Å²) in [5.41, 5.74) is 6.96. The molecule has 2 unspecified atom stereocenters. The van der Waals surface area contributed by atoms with Gasteiger partial charge in [0.05, 0.1) is 18.6 Å². The van der Waals surface area contributed by atoms with Crippen molar-refractivity contribution < 1.29 is 14.3 Å². The van der Waals surface area contributed by atoms with Crippen molar-refractivity contribution in [3.63, 3.8) is 0 Å².